The lowest BCUT2D eigenvalue weighted by Crippen LogP contribution is -2.50. The van der Waals surface area contributed by atoms with E-state index in [0.717, 1.165) is 12.8 Å². The van der Waals surface area contributed by atoms with Crippen LogP contribution in [0.3, 0.4) is 0 Å². The van der Waals surface area contributed by atoms with Crippen molar-refractivity contribution in [2.75, 3.05) is 18.9 Å². The number of hydrogen-bond donors (Lipinski definition) is 2. The molecule has 5 rings (SSSR count). The molecule has 1 saturated heterocycles. The molecule has 3 aromatic rings. The lowest BCUT2D eigenvalue weighted by atomic mass is 9.86. The van der Waals surface area contributed by atoms with Crippen LogP contribution in [0, 0.1) is 17.2 Å². The number of nitriles is 1. The summed E-state index contributed by atoms with van der Waals surface area (Å²) in [5, 5.41) is 17.4. The molecule has 1 aromatic carbocycles. The Morgan fingerprint density at radius 1 is 1.29 bits per heavy atom. The van der Waals surface area contributed by atoms with E-state index in [1.807, 2.05) is 0 Å². The number of alkyl halides is 3. The van der Waals surface area contributed by atoms with Gasteiger partial charge in [-0.25, -0.2) is 0 Å². The molecule has 0 bridgehead atoms. The van der Waals surface area contributed by atoms with E-state index in [1.165, 1.54) is 24.1 Å². The summed E-state index contributed by atoms with van der Waals surface area (Å²) in [6, 6.07) is 10.0. The number of pyridine rings is 1. The number of aromatic amines is 1. The molecule has 0 spiro atoms. The smallest absolute Gasteiger partial charge is 0.338 e. The number of H-pyrrole nitrogens is 1. The molecule has 1 aliphatic heterocycles. The fourth-order valence-electron chi connectivity index (χ4n) is 5.27. The molecule has 1 aliphatic carbocycles. The lowest BCUT2D eigenvalue weighted by Gasteiger charge is -2.38. The highest BCUT2D eigenvalue weighted by atomic mass is 19.4. The molecule has 34 heavy (non-hydrogen) atoms. The van der Waals surface area contributed by atoms with E-state index in [0.29, 0.717) is 41.3 Å². The first-order chi connectivity index (χ1) is 16.3. The van der Waals surface area contributed by atoms with Crippen LogP contribution in [0.2, 0.25) is 0 Å². The molecule has 3 heterocycles. The van der Waals surface area contributed by atoms with Crippen molar-refractivity contribution >= 4 is 22.4 Å². The van der Waals surface area contributed by atoms with Crippen molar-refractivity contribution in [1.82, 2.24) is 19.7 Å². The van der Waals surface area contributed by atoms with Crippen molar-refractivity contribution in [3.8, 4) is 6.07 Å². The van der Waals surface area contributed by atoms with Gasteiger partial charge >= 0.3 is 6.18 Å². The maximum absolute atomic E-state index is 14.1. The standard InChI is InChI=1S/C24H25F3N6O/c1-32-14-2-11-23(32,24(25,26)27)16-5-7-17(8-6-16)30-21-20-19(10-13-29-22(20)34)33(31-21)18(9-12-28)15-3-4-15/h5-8,10,13,15,18H,2-4,9,11,14H2,1H3,(H,29,34)(H,30,31). The fraction of sp³-hybridized carbons (Fsp3) is 0.458. The third-order valence-corrected chi connectivity index (χ3v) is 7.19. The predicted molar refractivity (Wildman–Crippen MR) is 122 cm³/mol. The molecular weight excluding hydrogens is 445 g/mol. The molecule has 2 N–H and O–H groups in total. The molecular formula is C24H25F3N6O. The Morgan fingerprint density at radius 3 is 2.62 bits per heavy atom. The topological polar surface area (TPSA) is 89.7 Å². The molecule has 2 fully saturated rings. The largest absolute Gasteiger partial charge is 0.410 e. The highest BCUT2D eigenvalue weighted by Gasteiger charge is 2.60. The SMILES string of the molecule is CN1CCCC1(c1ccc(Nc2nn(C(CC#N)C3CC3)c3cc[nH]c(=O)c23)cc1)C(F)(F)F. The van der Waals surface area contributed by atoms with Crippen LogP contribution in [0.5, 0.6) is 0 Å². The number of fused-ring (bicyclic) bond motifs is 1. The number of likely N-dealkylation sites (tertiary alicyclic amines) is 1. The number of nitrogens with one attached hydrogen (secondary N) is 2. The second-order valence-corrected chi connectivity index (χ2v) is 9.21. The van der Waals surface area contributed by atoms with E-state index in [-0.39, 0.29) is 30.0 Å². The summed E-state index contributed by atoms with van der Waals surface area (Å²) in [7, 11) is 1.51. The van der Waals surface area contributed by atoms with Crippen molar-refractivity contribution in [1.29, 1.82) is 5.26 Å². The first kappa shape index (κ1) is 22.5. The van der Waals surface area contributed by atoms with Gasteiger partial charge in [0, 0.05) is 11.9 Å². The number of hydrogen-bond acceptors (Lipinski definition) is 5. The van der Waals surface area contributed by atoms with Gasteiger partial charge in [-0.1, -0.05) is 12.1 Å². The number of halogens is 3. The van der Waals surface area contributed by atoms with Crippen LogP contribution in [0.4, 0.5) is 24.7 Å². The average Bonchev–Trinajstić information content (AvgIpc) is 3.46. The molecule has 2 atom stereocenters. The van der Waals surface area contributed by atoms with Crippen LogP contribution in [0.1, 0.15) is 43.7 Å². The maximum atomic E-state index is 14.1. The number of rotatable bonds is 6. The van der Waals surface area contributed by atoms with E-state index in [9.17, 15) is 23.2 Å². The van der Waals surface area contributed by atoms with E-state index < -0.39 is 11.7 Å². The molecule has 2 unspecified atom stereocenters. The van der Waals surface area contributed by atoms with E-state index in [1.54, 1.807) is 29.1 Å². The van der Waals surface area contributed by atoms with Crippen molar-refractivity contribution in [3.05, 3.63) is 52.4 Å². The van der Waals surface area contributed by atoms with E-state index in [2.05, 4.69) is 21.5 Å². The zero-order chi connectivity index (χ0) is 24.1. The van der Waals surface area contributed by atoms with Crippen LogP contribution in [-0.2, 0) is 5.54 Å². The summed E-state index contributed by atoms with van der Waals surface area (Å²) in [5.41, 5.74) is -0.968. The Balaban J connectivity index is 1.51. The van der Waals surface area contributed by atoms with E-state index >= 15 is 0 Å². The zero-order valence-corrected chi connectivity index (χ0v) is 18.7. The molecule has 178 valence electrons. The monoisotopic (exact) mass is 470 g/mol. The average molecular weight is 470 g/mol. The number of anilines is 2. The predicted octanol–water partition coefficient (Wildman–Crippen LogP) is 4.82. The summed E-state index contributed by atoms with van der Waals surface area (Å²) in [4.78, 5) is 16.7. The van der Waals surface area contributed by atoms with Gasteiger partial charge in [0.2, 0.25) is 0 Å². The summed E-state index contributed by atoms with van der Waals surface area (Å²) in [6.45, 7) is 0.385. The molecule has 0 radical (unpaired) electrons. The molecule has 10 heteroatoms. The van der Waals surface area contributed by atoms with Crippen molar-refractivity contribution in [2.24, 2.45) is 5.92 Å². The minimum absolute atomic E-state index is 0.0195. The summed E-state index contributed by atoms with van der Waals surface area (Å²) < 4.78 is 44.0. The van der Waals surface area contributed by atoms with Crippen LogP contribution < -0.4 is 10.9 Å². The normalized spacial score (nSPS) is 22.1. The minimum Gasteiger partial charge on any atom is -0.338 e. The Hall–Kier alpha value is -3.32. The Labute approximate surface area is 194 Å². The highest BCUT2D eigenvalue weighted by molar-refractivity contribution is 5.91. The molecule has 2 aliphatic rings. The van der Waals surface area contributed by atoms with Gasteiger partial charge in [0.05, 0.1) is 24.0 Å². The summed E-state index contributed by atoms with van der Waals surface area (Å²) in [5.74, 6) is 0.660. The van der Waals surface area contributed by atoms with Crippen molar-refractivity contribution in [2.45, 2.75) is 49.9 Å². The van der Waals surface area contributed by atoms with Crippen molar-refractivity contribution in [3.63, 3.8) is 0 Å². The number of benzene rings is 1. The maximum Gasteiger partial charge on any atom is 0.410 e. The second-order valence-electron chi connectivity index (χ2n) is 9.21. The Morgan fingerprint density at radius 2 is 2.03 bits per heavy atom. The fourth-order valence-corrected chi connectivity index (χ4v) is 5.27. The van der Waals surface area contributed by atoms with Gasteiger partial charge in [-0.15, -0.1) is 0 Å². The second kappa shape index (κ2) is 8.17. The molecule has 2 aromatic heterocycles. The van der Waals surface area contributed by atoms with Gasteiger partial charge in [-0.3, -0.25) is 14.4 Å². The zero-order valence-electron chi connectivity index (χ0n) is 18.7. The van der Waals surface area contributed by atoms with E-state index in [4.69, 9.17) is 0 Å². The lowest BCUT2D eigenvalue weighted by molar-refractivity contribution is -0.225. The van der Waals surface area contributed by atoms with Gasteiger partial charge in [-0.2, -0.15) is 23.5 Å². The molecule has 1 saturated carbocycles. The highest BCUT2D eigenvalue weighted by Crippen LogP contribution is 2.50. The van der Waals surface area contributed by atoms with Crippen LogP contribution in [-0.4, -0.2) is 39.4 Å². The van der Waals surface area contributed by atoms with Crippen LogP contribution >= 0.6 is 0 Å². The van der Waals surface area contributed by atoms with Gasteiger partial charge in [0.15, 0.2) is 5.82 Å². The molecule has 7 nitrogen and oxygen atoms in total. The quantitative estimate of drug-likeness (QED) is 0.539. The third kappa shape index (κ3) is 3.55. The van der Waals surface area contributed by atoms with Crippen LogP contribution in [0.25, 0.3) is 10.9 Å². The number of nitrogens with zero attached hydrogens (tertiary/aromatic N) is 4. The third-order valence-electron chi connectivity index (χ3n) is 7.19. The first-order valence-corrected chi connectivity index (χ1v) is 11.4. The summed E-state index contributed by atoms with van der Waals surface area (Å²) in [6.07, 6.45) is -0.0400. The number of aromatic nitrogens is 3. The van der Waals surface area contributed by atoms with Crippen molar-refractivity contribution < 1.29 is 13.2 Å². The first-order valence-electron chi connectivity index (χ1n) is 11.4. The van der Waals surface area contributed by atoms with Gasteiger partial charge < -0.3 is 10.3 Å². The molecule has 0 amide bonds. The Bertz CT molecular complexity index is 1300. The minimum atomic E-state index is -4.39. The van der Waals surface area contributed by atoms with Gasteiger partial charge in [0.25, 0.3) is 5.56 Å². The van der Waals surface area contributed by atoms with Gasteiger partial charge in [-0.05, 0) is 69.0 Å². The van der Waals surface area contributed by atoms with Crippen LogP contribution in [0.15, 0.2) is 41.3 Å². The Kier molecular flexibility index (Phi) is 5.40. The summed E-state index contributed by atoms with van der Waals surface area (Å²) >= 11 is 0. The van der Waals surface area contributed by atoms with Gasteiger partial charge in [0.1, 0.15) is 10.9 Å².